The summed E-state index contributed by atoms with van der Waals surface area (Å²) in [6.45, 7) is 4.90. The van der Waals surface area contributed by atoms with Gasteiger partial charge in [-0.05, 0) is 12.8 Å². The third-order valence-corrected chi connectivity index (χ3v) is 15.8. The lowest BCUT2D eigenvalue weighted by Gasteiger charge is -2.26. The van der Waals surface area contributed by atoms with E-state index in [-0.39, 0.29) is 19.1 Å². The van der Waals surface area contributed by atoms with Crippen LogP contribution in [0.25, 0.3) is 0 Å². The lowest BCUT2D eigenvalue weighted by molar-refractivity contribution is -0.870. The number of hydrogen-bond acceptors (Lipinski definition) is 5. The van der Waals surface area contributed by atoms with Crippen LogP contribution in [-0.2, 0) is 18.4 Å². The number of aliphatic hydroxyl groups excluding tert-OH is 1. The maximum atomic E-state index is 12.9. The summed E-state index contributed by atoms with van der Waals surface area (Å²) in [7, 11) is 1.63. The maximum Gasteiger partial charge on any atom is 0.472 e. The summed E-state index contributed by atoms with van der Waals surface area (Å²) in [5.41, 5.74) is 0. The van der Waals surface area contributed by atoms with Crippen LogP contribution in [0, 0.1) is 0 Å². The van der Waals surface area contributed by atoms with Crippen molar-refractivity contribution in [1.82, 2.24) is 5.32 Å². The first-order valence-electron chi connectivity index (χ1n) is 31.4. The van der Waals surface area contributed by atoms with Crippen LogP contribution in [0.3, 0.4) is 0 Å². The van der Waals surface area contributed by atoms with E-state index < -0.39 is 20.0 Å². The minimum absolute atomic E-state index is 0.0783. The van der Waals surface area contributed by atoms with Gasteiger partial charge in [-0.25, -0.2) is 4.57 Å². The molecule has 3 atom stereocenters. The standard InChI is InChI=1S/C61H125N2O6P/c1-6-8-10-12-14-16-17-18-19-20-21-22-23-24-25-26-27-28-29-30-31-32-33-34-35-36-37-38-39-40-41-42-43-44-45-46-47-49-51-53-55-61(65)62-59(58-69-70(66,67)68-57-56-63(3,4)5)60(64)54-52-50-48-15-13-11-9-7-2/h59-60,64H,6-58H2,1-5H3,(H-,62,65,66,67)/p+1. The first-order chi connectivity index (χ1) is 34.0. The second-order valence-electron chi connectivity index (χ2n) is 23.2. The van der Waals surface area contributed by atoms with E-state index in [2.05, 4.69) is 19.2 Å². The molecule has 70 heavy (non-hydrogen) atoms. The van der Waals surface area contributed by atoms with Crippen LogP contribution in [0.4, 0.5) is 0 Å². The summed E-state index contributed by atoms with van der Waals surface area (Å²) in [6.07, 6.45) is 65.3. The zero-order valence-electron chi connectivity index (χ0n) is 48.1. The van der Waals surface area contributed by atoms with Crippen molar-refractivity contribution in [2.24, 2.45) is 0 Å². The molecule has 0 aromatic carbocycles. The van der Waals surface area contributed by atoms with E-state index in [1.165, 1.54) is 270 Å². The van der Waals surface area contributed by atoms with Crippen molar-refractivity contribution in [2.45, 2.75) is 347 Å². The fourth-order valence-electron chi connectivity index (χ4n) is 9.93. The van der Waals surface area contributed by atoms with Crippen LogP contribution in [0.15, 0.2) is 0 Å². The van der Waals surface area contributed by atoms with Gasteiger partial charge in [0, 0.05) is 6.42 Å². The van der Waals surface area contributed by atoms with E-state index in [9.17, 15) is 19.4 Å². The molecule has 0 spiro atoms. The Kier molecular flexibility index (Phi) is 52.9. The van der Waals surface area contributed by atoms with Crippen LogP contribution in [0.5, 0.6) is 0 Å². The second-order valence-corrected chi connectivity index (χ2v) is 24.6. The average Bonchev–Trinajstić information content (AvgIpc) is 3.32. The number of nitrogens with one attached hydrogen (secondary N) is 1. The molecule has 3 N–H and O–H groups in total. The van der Waals surface area contributed by atoms with Crippen molar-refractivity contribution in [1.29, 1.82) is 0 Å². The van der Waals surface area contributed by atoms with Gasteiger partial charge in [0.2, 0.25) is 5.91 Å². The average molecular weight is 1010 g/mol. The number of likely N-dealkylation sites (N-methyl/N-ethyl adjacent to an activating group) is 1. The first kappa shape index (κ1) is 69.5. The fourth-order valence-corrected chi connectivity index (χ4v) is 10.7. The lowest BCUT2D eigenvalue weighted by atomic mass is 10.0. The van der Waals surface area contributed by atoms with E-state index in [1.54, 1.807) is 0 Å². The van der Waals surface area contributed by atoms with E-state index in [0.717, 1.165) is 38.5 Å². The zero-order valence-corrected chi connectivity index (χ0v) is 48.9. The molecular weight excluding hydrogens is 888 g/mol. The number of carbonyl (C=O) groups is 1. The van der Waals surface area contributed by atoms with Crippen molar-refractivity contribution in [3.63, 3.8) is 0 Å². The Morgan fingerprint density at radius 1 is 0.429 bits per heavy atom. The molecule has 0 rings (SSSR count). The Bertz CT molecular complexity index is 1100. The Balaban J connectivity index is 3.67. The van der Waals surface area contributed by atoms with Crippen LogP contribution < -0.4 is 5.32 Å². The fraction of sp³-hybridized carbons (Fsp3) is 0.984. The van der Waals surface area contributed by atoms with Gasteiger partial charge in [-0.1, -0.05) is 316 Å². The van der Waals surface area contributed by atoms with Crippen molar-refractivity contribution in [3.05, 3.63) is 0 Å². The number of nitrogens with zero attached hydrogens (tertiary/aromatic N) is 1. The topological polar surface area (TPSA) is 105 Å². The number of quaternary nitrogens is 1. The zero-order chi connectivity index (χ0) is 51.3. The van der Waals surface area contributed by atoms with Crippen molar-refractivity contribution in [3.8, 4) is 0 Å². The number of rotatable bonds is 59. The molecule has 0 heterocycles. The van der Waals surface area contributed by atoms with E-state index in [4.69, 9.17) is 9.05 Å². The molecule has 8 nitrogen and oxygen atoms in total. The number of phosphoric ester groups is 1. The Labute approximate surface area is 438 Å². The molecule has 0 saturated carbocycles. The number of aliphatic hydroxyl groups is 1. The predicted molar refractivity (Wildman–Crippen MR) is 305 cm³/mol. The normalized spacial score (nSPS) is 13.8. The summed E-state index contributed by atoms with van der Waals surface area (Å²) in [4.78, 5) is 23.2. The molecule has 0 aliphatic carbocycles. The predicted octanol–water partition coefficient (Wildman–Crippen LogP) is 19.2. The molecule has 0 radical (unpaired) electrons. The Morgan fingerprint density at radius 3 is 0.957 bits per heavy atom. The molecule has 420 valence electrons. The summed E-state index contributed by atoms with van der Waals surface area (Å²) in [5.74, 6) is -0.140. The third-order valence-electron chi connectivity index (χ3n) is 14.9. The molecule has 0 bridgehead atoms. The molecule has 1 amide bonds. The highest BCUT2D eigenvalue weighted by Crippen LogP contribution is 2.43. The summed E-state index contributed by atoms with van der Waals surface area (Å²) in [5, 5.41) is 13.9. The SMILES string of the molecule is CCCCCCCCCCCCCCCCCCCCCCCCCCCCCCCCCCCCCCCCCCC(=O)NC(COP(=O)(O)OCC[N+](C)(C)C)C(O)CCCCCCCCCC. The van der Waals surface area contributed by atoms with Gasteiger partial charge in [-0.3, -0.25) is 13.8 Å². The second kappa shape index (κ2) is 53.3. The summed E-state index contributed by atoms with van der Waals surface area (Å²) < 4.78 is 23.6. The Morgan fingerprint density at radius 2 is 0.686 bits per heavy atom. The molecule has 0 aromatic heterocycles. The van der Waals surface area contributed by atoms with E-state index >= 15 is 0 Å². The highest BCUT2D eigenvalue weighted by Gasteiger charge is 2.28. The lowest BCUT2D eigenvalue weighted by Crippen LogP contribution is -2.46. The quantitative estimate of drug-likeness (QED) is 0.0318. The highest BCUT2D eigenvalue weighted by atomic mass is 31.2. The van der Waals surface area contributed by atoms with Gasteiger partial charge in [-0.15, -0.1) is 0 Å². The van der Waals surface area contributed by atoms with Gasteiger partial charge in [-0.2, -0.15) is 0 Å². The number of hydrogen-bond donors (Lipinski definition) is 3. The van der Waals surface area contributed by atoms with Gasteiger partial charge in [0.05, 0.1) is 39.9 Å². The van der Waals surface area contributed by atoms with Crippen molar-refractivity contribution in [2.75, 3.05) is 40.9 Å². The van der Waals surface area contributed by atoms with E-state index in [0.29, 0.717) is 23.9 Å². The van der Waals surface area contributed by atoms with Crippen molar-refractivity contribution < 1.29 is 32.9 Å². The van der Waals surface area contributed by atoms with E-state index in [1.807, 2.05) is 21.1 Å². The summed E-state index contributed by atoms with van der Waals surface area (Å²) in [6, 6.07) is -0.753. The van der Waals surface area contributed by atoms with Crippen LogP contribution in [0.1, 0.15) is 335 Å². The minimum Gasteiger partial charge on any atom is -0.391 e. The largest absolute Gasteiger partial charge is 0.472 e. The number of phosphoric acid groups is 1. The molecule has 3 unspecified atom stereocenters. The number of unbranched alkanes of at least 4 members (excludes halogenated alkanes) is 46. The maximum absolute atomic E-state index is 12.9. The molecule has 0 fully saturated rings. The summed E-state index contributed by atoms with van der Waals surface area (Å²) >= 11 is 0. The van der Waals surface area contributed by atoms with Gasteiger partial charge >= 0.3 is 7.82 Å². The molecule has 0 saturated heterocycles. The highest BCUT2D eigenvalue weighted by molar-refractivity contribution is 7.47. The first-order valence-corrected chi connectivity index (χ1v) is 32.9. The van der Waals surface area contributed by atoms with Gasteiger partial charge in [0.25, 0.3) is 0 Å². The molecule has 0 aliphatic rings. The molecule has 9 heteroatoms. The Hall–Kier alpha value is -0.500. The number of amides is 1. The molecule has 0 aliphatic heterocycles. The van der Waals surface area contributed by atoms with Gasteiger partial charge in [0.1, 0.15) is 13.2 Å². The third kappa shape index (κ3) is 55.3. The van der Waals surface area contributed by atoms with Gasteiger partial charge < -0.3 is 19.8 Å². The van der Waals surface area contributed by atoms with Crippen LogP contribution in [-0.4, -0.2) is 73.4 Å². The monoisotopic (exact) mass is 1010 g/mol. The minimum atomic E-state index is -4.31. The van der Waals surface area contributed by atoms with Crippen LogP contribution >= 0.6 is 7.82 Å². The van der Waals surface area contributed by atoms with Gasteiger partial charge in [0.15, 0.2) is 0 Å². The number of carbonyl (C=O) groups excluding carboxylic acids is 1. The smallest absolute Gasteiger partial charge is 0.391 e. The molecular formula is C61H126N2O6P+. The van der Waals surface area contributed by atoms with Crippen LogP contribution in [0.2, 0.25) is 0 Å². The molecule has 0 aromatic rings. The van der Waals surface area contributed by atoms with Crippen molar-refractivity contribution >= 4 is 13.7 Å².